The standard InChI is InChI=1S/C20H27N3O2S/c24-26(25,19-9-3-5-17-6-4-12-21-20(17)19)22-15-16-10-13-23(14-11-16)18-7-1-2-8-18/h3-6,9,12,16,18,22H,1-2,7-8,10-11,13-15H2. The molecule has 1 aromatic heterocycles. The smallest absolute Gasteiger partial charge is 0.242 e. The fourth-order valence-electron chi connectivity index (χ4n) is 4.39. The number of benzene rings is 1. The first-order chi connectivity index (χ1) is 12.6. The molecule has 0 amide bonds. The molecule has 2 aromatic rings. The zero-order chi connectivity index (χ0) is 18.0. The molecule has 140 valence electrons. The Kier molecular flexibility index (Phi) is 5.25. The number of aromatic nitrogens is 1. The highest BCUT2D eigenvalue weighted by Gasteiger charge is 2.28. The van der Waals surface area contributed by atoms with Gasteiger partial charge in [0.05, 0.1) is 5.52 Å². The van der Waals surface area contributed by atoms with Crippen molar-refractivity contribution in [2.24, 2.45) is 5.92 Å². The summed E-state index contributed by atoms with van der Waals surface area (Å²) in [6.07, 6.45) is 9.20. The van der Waals surface area contributed by atoms with Crippen molar-refractivity contribution in [2.45, 2.75) is 49.5 Å². The Labute approximate surface area is 155 Å². The van der Waals surface area contributed by atoms with Gasteiger partial charge in [-0.3, -0.25) is 4.98 Å². The lowest BCUT2D eigenvalue weighted by Crippen LogP contribution is -2.42. The molecule has 0 atom stereocenters. The number of hydrogen-bond acceptors (Lipinski definition) is 4. The molecule has 1 aromatic carbocycles. The van der Waals surface area contributed by atoms with Crippen LogP contribution in [0.3, 0.4) is 0 Å². The second-order valence-electron chi connectivity index (χ2n) is 7.60. The number of likely N-dealkylation sites (tertiary alicyclic amines) is 1. The van der Waals surface area contributed by atoms with Crippen LogP contribution in [0.2, 0.25) is 0 Å². The number of rotatable bonds is 5. The molecule has 6 heteroatoms. The maximum Gasteiger partial charge on any atom is 0.242 e. The quantitative estimate of drug-likeness (QED) is 0.874. The van der Waals surface area contributed by atoms with Crippen LogP contribution >= 0.6 is 0 Å². The largest absolute Gasteiger partial charge is 0.300 e. The van der Waals surface area contributed by atoms with Crippen LogP contribution in [0, 0.1) is 5.92 Å². The van der Waals surface area contributed by atoms with Crippen LogP contribution in [-0.4, -0.2) is 44.0 Å². The van der Waals surface area contributed by atoms with Crippen molar-refractivity contribution in [3.05, 3.63) is 36.5 Å². The van der Waals surface area contributed by atoms with Gasteiger partial charge in [-0.05, 0) is 56.8 Å². The van der Waals surface area contributed by atoms with E-state index in [0.717, 1.165) is 37.4 Å². The maximum absolute atomic E-state index is 12.8. The summed E-state index contributed by atoms with van der Waals surface area (Å²) in [6, 6.07) is 9.79. The summed E-state index contributed by atoms with van der Waals surface area (Å²) in [5.74, 6) is 0.422. The molecule has 0 unspecified atom stereocenters. The van der Waals surface area contributed by atoms with Crippen LogP contribution in [0.5, 0.6) is 0 Å². The summed E-state index contributed by atoms with van der Waals surface area (Å²) in [4.78, 5) is 7.16. The van der Waals surface area contributed by atoms with E-state index in [1.54, 1.807) is 18.3 Å². The van der Waals surface area contributed by atoms with Gasteiger partial charge in [-0.15, -0.1) is 0 Å². The van der Waals surface area contributed by atoms with E-state index in [2.05, 4.69) is 14.6 Å². The SMILES string of the molecule is O=S(=O)(NCC1CCN(C2CCCC2)CC1)c1cccc2cccnc12. The van der Waals surface area contributed by atoms with Crippen LogP contribution in [0.15, 0.2) is 41.4 Å². The fraction of sp³-hybridized carbons (Fsp3) is 0.550. The van der Waals surface area contributed by atoms with Crippen LogP contribution in [0.4, 0.5) is 0 Å². The van der Waals surface area contributed by atoms with Gasteiger partial charge in [-0.2, -0.15) is 0 Å². The Balaban J connectivity index is 1.38. The second kappa shape index (κ2) is 7.62. The van der Waals surface area contributed by atoms with E-state index in [4.69, 9.17) is 0 Å². The first kappa shape index (κ1) is 17.9. The predicted octanol–water partition coefficient (Wildman–Crippen LogP) is 3.17. The molecule has 4 rings (SSSR count). The third kappa shape index (κ3) is 3.77. The Morgan fingerprint density at radius 3 is 2.54 bits per heavy atom. The summed E-state index contributed by atoms with van der Waals surface area (Å²) in [6.45, 7) is 2.73. The normalized spacial score (nSPS) is 20.8. The Bertz CT molecular complexity index is 849. The minimum atomic E-state index is -3.54. The first-order valence-electron chi connectivity index (χ1n) is 9.71. The summed E-state index contributed by atoms with van der Waals surface area (Å²) in [5.41, 5.74) is 0.540. The third-order valence-electron chi connectivity index (χ3n) is 5.94. The molecule has 0 spiro atoms. The van der Waals surface area contributed by atoms with E-state index in [1.807, 2.05) is 18.2 Å². The highest BCUT2D eigenvalue weighted by Crippen LogP contribution is 2.28. The van der Waals surface area contributed by atoms with Gasteiger partial charge in [0, 0.05) is 24.2 Å². The molecule has 0 radical (unpaired) electrons. The molecular weight excluding hydrogens is 346 g/mol. The first-order valence-corrected chi connectivity index (χ1v) is 11.2. The number of piperidine rings is 1. The molecule has 1 aliphatic heterocycles. The van der Waals surface area contributed by atoms with E-state index in [0.29, 0.717) is 18.0 Å². The van der Waals surface area contributed by atoms with Gasteiger partial charge in [0.15, 0.2) is 0 Å². The van der Waals surface area contributed by atoms with Crippen molar-refractivity contribution in [1.29, 1.82) is 0 Å². The topological polar surface area (TPSA) is 62.3 Å². The molecule has 0 bridgehead atoms. The molecule has 2 fully saturated rings. The number of pyridine rings is 1. The number of fused-ring (bicyclic) bond motifs is 1. The number of hydrogen-bond donors (Lipinski definition) is 1. The highest BCUT2D eigenvalue weighted by molar-refractivity contribution is 7.89. The lowest BCUT2D eigenvalue weighted by molar-refractivity contribution is 0.135. The van der Waals surface area contributed by atoms with Crippen LogP contribution in [0.25, 0.3) is 10.9 Å². The molecule has 1 saturated carbocycles. The lowest BCUT2D eigenvalue weighted by atomic mass is 9.96. The number of nitrogens with zero attached hydrogens (tertiary/aromatic N) is 2. The minimum Gasteiger partial charge on any atom is -0.300 e. The van der Waals surface area contributed by atoms with Crippen LogP contribution < -0.4 is 4.72 Å². The van der Waals surface area contributed by atoms with E-state index in [9.17, 15) is 8.42 Å². The summed E-state index contributed by atoms with van der Waals surface area (Å²) < 4.78 is 28.4. The number of nitrogens with one attached hydrogen (secondary N) is 1. The Hall–Kier alpha value is -1.50. The van der Waals surface area contributed by atoms with Gasteiger partial charge in [0.2, 0.25) is 10.0 Å². The molecule has 2 aliphatic rings. The fourth-order valence-corrected chi connectivity index (χ4v) is 5.68. The van der Waals surface area contributed by atoms with Gasteiger partial charge in [0.1, 0.15) is 4.90 Å². The summed E-state index contributed by atoms with van der Waals surface area (Å²) in [7, 11) is -3.54. The van der Waals surface area contributed by atoms with Crippen molar-refractivity contribution in [1.82, 2.24) is 14.6 Å². The second-order valence-corrected chi connectivity index (χ2v) is 9.34. The number of sulfonamides is 1. The lowest BCUT2D eigenvalue weighted by Gasteiger charge is -2.36. The van der Waals surface area contributed by atoms with Gasteiger partial charge in [0.25, 0.3) is 0 Å². The molecule has 26 heavy (non-hydrogen) atoms. The number of para-hydroxylation sites is 1. The molecule has 1 aliphatic carbocycles. The molecule has 2 heterocycles. The van der Waals surface area contributed by atoms with E-state index < -0.39 is 10.0 Å². The predicted molar refractivity (Wildman–Crippen MR) is 103 cm³/mol. The van der Waals surface area contributed by atoms with E-state index >= 15 is 0 Å². The van der Waals surface area contributed by atoms with Crippen molar-refractivity contribution < 1.29 is 8.42 Å². The monoisotopic (exact) mass is 373 g/mol. The van der Waals surface area contributed by atoms with Gasteiger partial charge in [-0.25, -0.2) is 13.1 Å². The van der Waals surface area contributed by atoms with Crippen molar-refractivity contribution in [2.75, 3.05) is 19.6 Å². The zero-order valence-electron chi connectivity index (χ0n) is 15.1. The summed E-state index contributed by atoms with van der Waals surface area (Å²) in [5, 5.41) is 0.847. The molecule has 1 saturated heterocycles. The van der Waals surface area contributed by atoms with Crippen LogP contribution in [-0.2, 0) is 10.0 Å². The molecule has 5 nitrogen and oxygen atoms in total. The maximum atomic E-state index is 12.8. The van der Waals surface area contributed by atoms with Crippen LogP contribution in [0.1, 0.15) is 38.5 Å². The van der Waals surface area contributed by atoms with Crippen molar-refractivity contribution in [3.8, 4) is 0 Å². The average molecular weight is 374 g/mol. The molecular formula is C20H27N3O2S. The minimum absolute atomic E-state index is 0.277. The van der Waals surface area contributed by atoms with Gasteiger partial charge in [-0.1, -0.05) is 31.0 Å². The highest BCUT2D eigenvalue weighted by atomic mass is 32.2. The zero-order valence-corrected chi connectivity index (χ0v) is 15.9. The van der Waals surface area contributed by atoms with Gasteiger partial charge < -0.3 is 4.90 Å². The van der Waals surface area contributed by atoms with Gasteiger partial charge >= 0.3 is 0 Å². The summed E-state index contributed by atoms with van der Waals surface area (Å²) >= 11 is 0. The van der Waals surface area contributed by atoms with E-state index in [-0.39, 0.29) is 4.90 Å². The third-order valence-corrected chi connectivity index (χ3v) is 7.39. The van der Waals surface area contributed by atoms with Crippen molar-refractivity contribution in [3.63, 3.8) is 0 Å². The Morgan fingerprint density at radius 1 is 1.04 bits per heavy atom. The van der Waals surface area contributed by atoms with E-state index in [1.165, 1.54) is 25.7 Å². The average Bonchev–Trinajstić information content (AvgIpc) is 3.21. The van der Waals surface area contributed by atoms with Crippen molar-refractivity contribution >= 4 is 20.9 Å². The molecule has 1 N–H and O–H groups in total. The Morgan fingerprint density at radius 2 is 1.77 bits per heavy atom.